The third-order valence-corrected chi connectivity index (χ3v) is 5.16. The molecule has 130 valence electrons. The van der Waals surface area contributed by atoms with E-state index in [2.05, 4.69) is 21.4 Å². The molecule has 0 spiro atoms. The number of pyridine rings is 1. The number of hydrogen-bond donors (Lipinski definition) is 1. The van der Waals surface area contributed by atoms with Gasteiger partial charge in [-0.1, -0.05) is 17.4 Å². The number of carbonyl (C=O) groups is 1. The number of fused-ring (bicyclic) bond motifs is 2. The normalized spacial score (nSPS) is 11.0. The summed E-state index contributed by atoms with van der Waals surface area (Å²) < 4.78 is 6.29. The van der Waals surface area contributed by atoms with E-state index in [-0.39, 0.29) is 5.91 Å². The van der Waals surface area contributed by atoms with Gasteiger partial charge in [0.1, 0.15) is 5.75 Å². The number of anilines is 1. The molecule has 1 amide bonds. The summed E-state index contributed by atoms with van der Waals surface area (Å²) in [4.78, 5) is 21.8. The van der Waals surface area contributed by atoms with Gasteiger partial charge in [0.05, 0.1) is 34.1 Å². The summed E-state index contributed by atoms with van der Waals surface area (Å²) in [6, 6.07) is 13.5. The van der Waals surface area contributed by atoms with E-state index in [9.17, 15) is 4.79 Å². The maximum Gasteiger partial charge on any atom is 0.259 e. The standard InChI is InChI=1S/C20H17N3O2S/c1-11-4-7-16-18(8-11)26-20(22-16)23-19(24)15-9-13-5-6-14(25-3)10-17(13)21-12(15)2/h4-10H,1-3H3,(H,22,23,24). The van der Waals surface area contributed by atoms with E-state index in [1.54, 1.807) is 7.11 Å². The maximum absolute atomic E-state index is 12.7. The lowest BCUT2D eigenvalue weighted by atomic mass is 10.1. The number of benzene rings is 2. The summed E-state index contributed by atoms with van der Waals surface area (Å²) in [5.41, 5.74) is 4.06. The van der Waals surface area contributed by atoms with Crippen LogP contribution in [-0.2, 0) is 0 Å². The zero-order chi connectivity index (χ0) is 18.3. The Morgan fingerprint density at radius 1 is 1.04 bits per heavy atom. The summed E-state index contributed by atoms with van der Waals surface area (Å²) in [6.07, 6.45) is 0. The Bertz CT molecular complexity index is 1150. The van der Waals surface area contributed by atoms with Crippen LogP contribution in [0.4, 0.5) is 5.13 Å². The predicted molar refractivity (Wildman–Crippen MR) is 105 cm³/mol. The van der Waals surface area contributed by atoms with Crippen molar-refractivity contribution in [3.05, 3.63) is 59.3 Å². The van der Waals surface area contributed by atoms with Gasteiger partial charge in [-0.05, 0) is 49.7 Å². The molecule has 2 heterocycles. The van der Waals surface area contributed by atoms with Crippen molar-refractivity contribution in [3.63, 3.8) is 0 Å². The maximum atomic E-state index is 12.7. The lowest BCUT2D eigenvalue weighted by Crippen LogP contribution is -2.14. The van der Waals surface area contributed by atoms with E-state index in [1.807, 2.05) is 50.2 Å². The minimum absolute atomic E-state index is 0.205. The molecule has 1 N–H and O–H groups in total. The molecule has 0 bridgehead atoms. The van der Waals surface area contributed by atoms with Crippen LogP contribution in [-0.4, -0.2) is 23.0 Å². The van der Waals surface area contributed by atoms with Crippen LogP contribution in [0, 0.1) is 13.8 Å². The van der Waals surface area contributed by atoms with Crippen molar-refractivity contribution in [1.29, 1.82) is 0 Å². The number of rotatable bonds is 3. The summed E-state index contributed by atoms with van der Waals surface area (Å²) in [6.45, 7) is 3.87. The Hall–Kier alpha value is -2.99. The Labute approximate surface area is 154 Å². The molecule has 0 fully saturated rings. The Morgan fingerprint density at radius 2 is 1.88 bits per heavy atom. The molecule has 6 heteroatoms. The number of hydrogen-bond acceptors (Lipinski definition) is 5. The lowest BCUT2D eigenvalue weighted by Gasteiger charge is -2.08. The van der Waals surface area contributed by atoms with Crippen molar-refractivity contribution in [2.45, 2.75) is 13.8 Å². The molecule has 0 saturated carbocycles. The van der Waals surface area contributed by atoms with Gasteiger partial charge >= 0.3 is 0 Å². The van der Waals surface area contributed by atoms with Gasteiger partial charge in [0.15, 0.2) is 5.13 Å². The molecule has 0 aliphatic heterocycles. The zero-order valence-electron chi connectivity index (χ0n) is 14.7. The highest BCUT2D eigenvalue weighted by Crippen LogP contribution is 2.28. The van der Waals surface area contributed by atoms with Crippen LogP contribution in [0.5, 0.6) is 5.75 Å². The lowest BCUT2D eigenvalue weighted by molar-refractivity contribution is 0.102. The van der Waals surface area contributed by atoms with E-state index in [0.717, 1.165) is 26.9 Å². The van der Waals surface area contributed by atoms with Gasteiger partial charge in [0, 0.05) is 11.5 Å². The fourth-order valence-corrected chi connectivity index (χ4v) is 3.81. The molecule has 4 aromatic rings. The fourth-order valence-electron chi connectivity index (χ4n) is 2.85. The smallest absolute Gasteiger partial charge is 0.259 e. The number of nitrogens with one attached hydrogen (secondary N) is 1. The summed E-state index contributed by atoms with van der Waals surface area (Å²) in [5, 5.41) is 4.38. The first kappa shape index (κ1) is 16.5. The molecule has 0 aliphatic carbocycles. The number of carbonyl (C=O) groups excluding carboxylic acids is 1. The fraction of sp³-hybridized carbons (Fsp3) is 0.150. The van der Waals surface area contributed by atoms with Crippen molar-refractivity contribution in [3.8, 4) is 5.75 Å². The number of aromatic nitrogens is 2. The van der Waals surface area contributed by atoms with Gasteiger partial charge in [-0.15, -0.1) is 0 Å². The van der Waals surface area contributed by atoms with Crippen molar-refractivity contribution < 1.29 is 9.53 Å². The second-order valence-corrected chi connectivity index (χ2v) is 7.15. The number of thiazole rings is 1. The monoisotopic (exact) mass is 363 g/mol. The third kappa shape index (κ3) is 2.99. The Kier molecular flexibility index (Phi) is 4.05. The van der Waals surface area contributed by atoms with Gasteiger partial charge < -0.3 is 4.74 Å². The number of methoxy groups -OCH3 is 1. The highest BCUT2D eigenvalue weighted by molar-refractivity contribution is 7.22. The highest BCUT2D eigenvalue weighted by atomic mass is 32.1. The van der Waals surface area contributed by atoms with Crippen molar-refractivity contribution in [2.75, 3.05) is 12.4 Å². The van der Waals surface area contributed by atoms with E-state index >= 15 is 0 Å². The van der Waals surface area contributed by atoms with Crippen LogP contribution < -0.4 is 10.1 Å². The molecule has 0 radical (unpaired) electrons. The van der Waals surface area contributed by atoms with E-state index in [1.165, 1.54) is 16.9 Å². The number of amides is 1. The van der Waals surface area contributed by atoms with Crippen LogP contribution in [0.25, 0.3) is 21.1 Å². The van der Waals surface area contributed by atoms with E-state index in [0.29, 0.717) is 16.4 Å². The first-order valence-corrected chi connectivity index (χ1v) is 8.99. The molecule has 2 aromatic carbocycles. The minimum atomic E-state index is -0.205. The molecule has 26 heavy (non-hydrogen) atoms. The predicted octanol–water partition coefficient (Wildman–Crippen LogP) is 4.72. The van der Waals surface area contributed by atoms with Crippen molar-refractivity contribution in [1.82, 2.24) is 9.97 Å². The minimum Gasteiger partial charge on any atom is -0.497 e. The number of nitrogens with zero attached hydrogens (tertiary/aromatic N) is 2. The third-order valence-electron chi connectivity index (χ3n) is 4.22. The van der Waals surface area contributed by atoms with Crippen LogP contribution in [0.3, 0.4) is 0 Å². The quantitative estimate of drug-likeness (QED) is 0.572. The molecular weight excluding hydrogens is 346 g/mol. The second kappa shape index (κ2) is 6.38. The van der Waals surface area contributed by atoms with Gasteiger partial charge in [-0.25, -0.2) is 4.98 Å². The first-order chi connectivity index (χ1) is 12.5. The molecule has 2 aromatic heterocycles. The second-order valence-electron chi connectivity index (χ2n) is 6.12. The largest absolute Gasteiger partial charge is 0.497 e. The van der Waals surface area contributed by atoms with Crippen LogP contribution in [0.1, 0.15) is 21.6 Å². The van der Waals surface area contributed by atoms with Gasteiger partial charge in [-0.3, -0.25) is 15.1 Å². The number of aryl methyl sites for hydroxylation is 2. The summed E-state index contributed by atoms with van der Waals surface area (Å²) in [5.74, 6) is 0.537. The zero-order valence-corrected chi connectivity index (χ0v) is 15.5. The highest BCUT2D eigenvalue weighted by Gasteiger charge is 2.14. The summed E-state index contributed by atoms with van der Waals surface area (Å²) >= 11 is 1.47. The van der Waals surface area contributed by atoms with Crippen LogP contribution in [0.15, 0.2) is 42.5 Å². The Balaban J connectivity index is 1.67. The molecule has 0 saturated heterocycles. The topological polar surface area (TPSA) is 64.1 Å². The molecule has 5 nitrogen and oxygen atoms in total. The average Bonchev–Trinajstić information content (AvgIpc) is 3.01. The molecule has 0 unspecified atom stereocenters. The van der Waals surface area contributed by atoms with Crippen molar-refractivity contribution >= 4 is 43.5 Å². The molecule has 0 aliphatic rings. The van der Waals surface area contributed by atoms with Gasteiger partial charge in [-0.2, -0.15) is 0 Å². The molecule has 0 atom stereocenters. The van der Waals surface area contributed by atoms with E-state index < -0.39 is 0 Å². The SMILES string of the molecule is COc1ccc2cc(C(=O)Nc3nc4ccc(C)cc4s3)c(C)nc2c1. The first-order valence-electron chi connectivity index (χ1n) is 8.17. The van der Waals surface area contributed by atoms with Crippen LogP contribution in [0.2, 0.25) is 0 Å². The Morgan fingerprint density at radius 3 is 2.69 bits per heavy atom. The van der Waals surface area contributed by atoms with Gasteiger partial charge in [0.25, 0.3) is 5.91 Å². The molecule has 4 rings (SSSR count). The number of ether oxygens (including phenoxy) is 1. The molecular formula is C20H17N3O2S. The summed E-state index contributed by atoms with van der Waals surface area (Å²) in [7, 11) is 1.62. The van der Waals surface area contributed by atoms with Crippen LogP contribution >= 0.6 is 11.3 Å². The van der Waals surface area contributed by atoms with Crippen molar-refractivity contribution in [2.24, 2.45) is 0 Å². The van der Waals surface area contributed by atoms with E-state index in [4.69, 9.17) is 4.74 Å². The average molecular weight is 363 g/mol. The van der Waals surface area contributed by atoms with Gasteiger partial charge in [0.2, 0.25) is 0 Å².